The molecule has 1 amide bonds. The van der Waals surface area contributed by atoms with Crippen LogP contribution in [0.4, 0.5) is 13.2 Å². The molecule has 0 radical (unpaired) electrons. The largest absolute Gasteiger partial charge is 0.508 e. The van der Waals surface area contributed by atoms with Gasteiger partial charge >= 0.3 is 6.18 Å². The summed E-state index contributed by atoms with van der Waals surface area (Å²) in [5.41, 5.74) is 3.07. The van der Waals surface area contributed by atoms with Crippen molar-refractivity contribution in [3.05, 3.63) is 52.8 Å². The van der Waals surface area contributed by atoms with E-state index in [2.05, 4.69) is 15.1 Å². The third-order valence-corrected chi connectivity index (χ3v) is 6.41. The first kappa shape index (κ1) is 27.4. The van der Waals surface area contributed by atoms with Crippen molar-refractivity contribution in [1.29, 1.82) is 0 Å². The Balaban J connectivity index is 1.80. The number of carbonyl (C=O) groups excluding carboxylic acids is 1. The van der Waals surface area contributed by atoms with E-state index in [1.807, 2.05) is 32.2 Å². The zero-order valence-electron chi connectivity index (χ0n) is 21.3. The van der Waals surface area contributed by atoms with Crippen molar-refractivity contribution in [1.82, 2.24) is 25.0 Å². The van der Waals surface area contributed by atoms with Crippen LogP contribution in [0.25, 0.3) is 17.1 Å². The number of alkyl halides is 3. The van der Waals surface area contributed by atoms with Gasteiger partial charge in [0.25, 0.3) is 5.91 Å². The zero-order chi connectivity index (χ0) is 27.6. The molecule has 2 aromatic carbocycles. The molecule has 0 unspecified atom stereocenters. The molecular formula is C26H30F3N5O4. The van der Waals surface area contributed by atoms with Crippen LogP contribution in [0.1, 0.15) is 47.1 Å². The van der Waals surface area contributed by atoms with Crippen molar-refractivity contribution >= 4 is 5.91 Å². The van der Waals surface area contributed by atoms with E-state index in [0.717, 1.165) is 24.2 Å². The van der Waals surface area contributed by atoms with E-state index in [0.29, 0.717) is 31.0 Å². The third kappa shape index (κ3) is 6.08. The molecular weight excluding hydrogens is 503 g/mol. The predicted molar refractivity (Wildman–Crippen MR) is 133 cm³/mol. The van der Waals surface area contributed by atoms with Gasteiger partial charge in [-0.3, -0.25) is 14.3 Å². The van der Waals surface area contributed by atoms with Crippen molar-refractivity contribution in [2.75, 3.05) is 32.8 Å². The summed E-state index contributed by atoms with van der Waals surface area (Å²) in [5, 5.41) is 30.7. The summed E-state index contributed by atoms with van der Waals surface area (Å²) < 4.78 is 45.1. The number of nitrogens with zero attached hydrogens (tertiary/aromatic N) is 4. The van der Waals surface area contributed by atoms with Crippen LogP contribution >= 0.6 is 0 Å². The maximum absolute atomic E-state index is 12.8. The maximum atomic E-state index is 12.8. The minimum Gasteiger partial charge on any atom is -0.508 e. The number of ether oxygens (including phenoxy) is 1. The molecule has 1 saturated heterocycles. The average Bonchev–Trinajstić information content (AvgIpc) is 3.29. The molecule has 1 aliphatic heterocycles. The van der Waals surface area contributed by atoms with Gasteiger partial charge in [-0.05, 0) is 47.7 Å². The molecule has 2 heterocycles. The van der Waals surface area contributed by atoms with Crippen molar-refractivity contribution in [2.45, 2.75) is 39.4 Å². The summed E-state index contributed by atoms with van der Waals surface area (Å²) >= 11 is 0. The molecule has 3 N–H and O–H groups in total. The van der Waals surface area contributed by atoms with Crippen molar-refractivity contribution in [3.63, 3.8) is 0 Å². The van der Waals surface area contributed by atoms with Crippen molar-refractivity contribution < 1.29 is 32.9 Å². The molecule has 0 saturated carbocycles. The molecule has 1 fully saturated rings. The van der Waals surface area contributed by atoms with Gasteiger partial charge in [0, 0.05) is 31.4 Å². The topological polar surface area (TPSA) is 113 Å². The number of aryl methyl sites for hydroxylation is 1. The van der Waals surface area contributed by atoms with Crippen LogP contribution in [-0.2, 0) is 11.3 Å². The Kier molecular flexibility index (Phi) is 7.93. The zero-order valence-corrected chi connectivity index (χ0v) is 21.3. The minimum atomic E-state index is -4.61. The fraction of sp³-hybridized carbons (Fsp3) is 0.423. The highest BCUT2D eigenvalue weighted by Gasteiger charge is 2.30. The molecule has 0 spiro atoms. The molecule has 1 aliphatic rings. The van der Waals surface area contributed by atoms with Gasteiger partial charge in [0.15, 0.2) is 5.82 Å². The van der Waals surface area contributed by atoms with Crippen LogP contribution in [0, 0.1) is 6.92 Å². The normalized spacial score (nSPS) is 14.7. The van der Waals surface area contributed by atoms with Crippen LogP contribution in [0.5, 0.6) is 11.5 Å². The first-order chi connectivity index (χ1) is 17.9. The van der Waals surface area contributed by atoms with Crippen molar-refractivity contribution in [3.8, 4) is 28.6 Å². The van der Waals surface area contributed by atoms with Gasteiger partial charge in [-0.1, -0.05) is 19.9 Å². The predicted octanol–water partition coefficient (Wildman–Crippen LogP) is 3.90. The van der Waals surface area contributed by atoms with Gasteiger partial charge in [0.05, 0.1) is 18.8 Å². The van der Waals surface area contributed by atoms with E-state index in [-0.39, 0.29) is 34.6 Å². The standard InChI is InChI=1S/C26H30F3N5O4/c1-15(2)19-11-20(22(36)12-21(19)35)23-31-32-24(25(37)30-14-26(27,28)29)34(23)18-5-4-17(16(3)10-18)13-33-6-8-38-9-7-33/h4-5,10-12,15,35-36H,6-9,13-14H2,1-3H3,(H,30,37). The molecule has 3 aromatic rings. The number of phenolic OH excluding ortho intramolecular Hbond substituents is 2. The van der Waals surface area contributed by atoms with E-state index in [9.17, 15) is 28.2 Å². The van der Waals surface area contributed by atoms with Crippen molar-refractivity contribution in [2.24, 2.45) is 0 Å². The lowest BCUT2D eigenvalue weighted by Gasteiger charge is -2.27. The second-order valence-electron chi connectivity index (χ2n) is 9.56. The fourth-order valence-electron chi connectivity index (χ4n) is 4.34. The van der Waals surface area contributed by atoms with Crippen LogP contribution in [0.15, 0.2) is 30.3 Å². The highest BCUT2D eigenvalue weighted by Crippen LogP contribution is 2.38. The Morgan fingerprint density at radius 3 is 2.45 bits per heavy atom. The molecule has 4 rings (SSSR count). The summed E-state index contributed by atoms with van der Waals surface area (Å²) in [6.07, 6.45) is -4.61. The Hall–Kier alpha value is -3.64. The molecule has 0 bridgehead atoms. The lowest BCUT2D eigenvalue weighted by molar-refractivity contribution is -0.123. The van der Waals surface area contributed by atoms with E-state index >= 15 is 0 Å². The number of morpholine rings is 1. The van der Waals surface area contributed by atoms with Gasteiger partial charge in [0.1, 0.15) is 18.0 Å². The summed E-state index contributed by atoms with van der Waals surface area (Å²) in [5.74, 6) is -1.94. The van der Waals surface area contributed by atoms with E-state index in [4.69, 9.17) is 4.74 Å². The number of halogens is 3. The summed E-state index contributed by atoms with van der Waals surface area (Å²) in [7, 11) is 0. The number of aromatic nitrogens is 3. The highest BCUT2D eigenvalue weighted by molar-refractivity contribution is 5.92. The van der Waals surface area contributed by atoms with Gasteiger partial charge in [-0.15, -0.1) is 10.2 Å². The number of aromatic hydroxyl groups is 2. The average molecular weight is 534 g/mol. The third-order valence-electron chi connectivity index (χ3n) is 6.41. The number of nitrogens with one attached hydrogen (secondary N) is 1. The Morgan fingerprint density at radius 2 is 1.82 bits per heavy atom. The van der Waals surface area contributed by atoms with Gasteiger partial charge < -0.3 is 20.3 Å². The van der Waals surface area contributed by atoms with Crippen LogP contribution in [-0.4, -0.2) is 74.8 Å². The molecule has 204 valence electrons. The number of rotatable bonds is 7. The molecule has 0 aliphatic carbocycles. The summed E-state index contributed by atoms with van der Waals surface area (Å²) in [4.78, 5) is 15.1. The lowest BCUT2D eigenvalue weighted by Crippen LogP contribution is -2.35. The quantitative estimate of drug-likeness (QED) is 0.422. The molecule has 9 nitrogen and oxygen atoms in total. The number of carbonyl (C=O) groups is 1. The molecule has 0 atom stereocenters. The molecule has 38 heavy (non-hydrogen) atoms. The number of amides is 1. The smallest absolute Gasteiger partial charge is 0.405 e. The number of hydrogen-bond acceptors (Lipinski definition) is 7. The van der Waals surface area contributed by atoms with Gasteiger partial charge in [-0.25, -0.2) is 0 Å². The first-order valence-electron chi connectivity index (χ1n) is 12.2. The minimum absolute atomic E-state index is 0.0434. The summed E-state index contributed by atoms with van der Waals surface area (Å²) in [6, 6.07) is 8.12. The van der Waals surface area contributed by atoms with E-state index in [1.54, 1.807) is 12.1 Å². The number of hydrogen-bond donors (Lipinski definition) is 3. The second kappa shape index (κ2) is 11.0. The van der Waals surface area contributed by atoms with E-state index < -0.39 is 18.6 Å². The Morgan fingerprint density at radius 1 is 1.11 bits per heavy atom. The highest BCUT2D eigenvalue weighted by atomic mass is 19.4. The summed E-state index contributed by atoms with van der Waals surface area (Å²) in [6.45, 7) is 7.70. The Bertz CT molecular complexity index is 1320. The van der Waals surface area contributed by atoms with Crippen LogP contribution < -0.4 is 5.32 Å². The van der Waals surface area contributed by atoms with Crippen LogP contribution in [0.3, 0.4) is 0 Å². The maximum Gasteiger partial charge on any atom is 0.405 e. The molecule has 12 heteroatoms. The van der Waals surface area contributed by atoms with Gasteiger partial charge in [-0.2, -0.15) is 13.2 Å². The number of benzene rings is 2. The van der Waals surface area contributed by atoms with Gasteiger partial charge in [0.2, 0.25) is 5.82 Å². The molecule has 1 aromatic heterocycles. The Labute approximate surface area is 217 Å². The van der Waals surface area contributed by atoms with E-state index in [1.165, 1.54) is 16.7 Å². The van der Waals surface area contributed by atoms with Crippen LogP contribution in [0.2, 0.25) is 0 Å². The fourth-order valence-corrected chi connectivity index (χ4v) is 4.34. The lowest BCUT2D eigenvalue weighted by atomic mass is 9.98. The monoisotopic (exact) mass is 533 g/mol. The first-order valence-corrected chi connectivity index (χ1v) is 12.2. The number of phenols is 2. The second-order valence-corrected chi connectivity index (χ2v) is 9.56. The SMILES string of the molecule is Cc1cc(-n2c(C(=O)NCC(F)(F)F)nnc2-c2cc(C(C)C)c(O)cc2O)ccc1CN1CCOCC1.